The van der Waals surface area contributed by atoms with Gasteiger partial charge in [-0.05, 0) is 49.1 Å². The standard InChI is InChI=1S/C19H26N4OS/c1-13-3-8-23(9-4-13)19-20-16-11-22(7-5-15(16)18(24)21-19)12-17-14(2)6-10-25-17/h6,10,13H,3-5,7-9,11-12H2,1-2H3,(H,20,21,24). The molecule has 0 spiro atoms. The Labute approximate surface area is 152 Å². The number of aromatic amines is 1. The summed E-state index contributed by atoms with van der Waals surface area (Å²) in [5.41, 5.74) is 3.27. The minimum Gasteiger partial charge on any atom is -0.342 e. The van der Waals surface area contributed by atoms with E-state index in [1.54, 1.807) is 0 Å². The van der Waals surface area contributed by atoms with Crippen molar-refractivity contribution in [3.05, 3.63) is 43.5 Å². The number of H-pyrrole nitrogens is 1. The van der Waals surface area contributed by atoms with Gasteiger partial charge in [-0.1, -0.05) is 6.92 Å². The fourth-order valence-electron chi connectivity index (χ4n) is 3.75. The molecule has 0 aliphatic carbocycles. The number of rotatable bonds is 3. The molecule has 1 N–H and O–H groups in total. The Hall–Kier alpha value is -1.66. The second-order valence-electron chi connectivity index (χ2n) is 7.47. The lowest BCUT2D eigenvalue weighted by atomic mass is 9.99. The molecule has 1 saturated heterocycles. The molecule has 25 heavy (non-hydrogen) atoms. The van der Waals surface area contributed by atoms with E-state index >= 15 is 0 Å². The molecule has 0 atom stereocenters. The van der Waals surface area contributed by atoms with Crippen LogP contribution in [-0.2, 0) is 19.5 Å². The van der Waals surface area contributed by atoms with Crippen molar-refractivity contribution in [2.45, 2.75) is 46.2 Å². The van der Waals surface area contributed by atoms with Gasteiger partial charge in [0.25, 0.3) is 5.56 Å². The predicted octanol–water partition coefficient (Wildman–Crippen LogP) is 2.93. The first kappa shape index (κ1) is 16.8. The molecule has 0 radical (unpaired) electrons. The molecular formula is C19H26N4OS. The summed E-state index contributed by atoms with van der Waals surface area (Å²) >= 11 is 1.82. The maximum absolute atomic E-state index is 12.5. The van der Waals surface area contributed by atoms with Crippen LogP contribution in [0.25, 0.3) is 0 Å². The number of aryl methyl sites for hydroxylation is 1. The van der Waals surface area contributed by atoms with E-state index in [1.807, 2.05) is 11.3 Å². The third-order valence-corrected chi connectivity index (χ3v) is 6.57. The molecule has 0 aromatic carbocycles. The van der Waals surface area contributed by atoms with Crippen molar-refractivity contribution in [1.29, 1.82) is 0 Å². The Morgan fingerprint density at radius 2 is 2.12 bits per heavy atom. The summed E-state index contributed by atoms with van der Waals surface area (Å²) in [5.74, 6) is 1.54. The molecule has 2 aromatic rings. The van der Waals surface area contributed by atoms with Gasteiger partial charge in [0, 0.05) is 43.2 Å². The first-order valence-corrected chi connectivity index (χ1v) is 10.1. The van der Waals surface area contributed by atoms with Crippen molar-refractivity contribution in [2.24, 2.45) is 5.92 Å². The minimum atomic E-state index is 0.0607. The predicted molar refractivity (Wildman–Crippen MR) is 102 cm³/mol. The van der Waals surface area contributed by atoms with E-state index < -0.39 is 0 Å². The number of hydrogen-bond acceptors (Lipinski definition) is 5. The highest BCUT2D eigenvalue weighted by molar-refractivity contribution is 7.10. The van der Waals surface area contributed by atoms with Gasteiger partial charge in [0.15, 0.2) is 0 Å². The Balaban J connectivity index is 1.54. The second kappa shape index (κ2) is 6.92. The number of aromatic nitrogens is 2. The van der Waals surface area contributed by atoms with Crippen LogP contribution < -0.4 is 10.5 Å². The fraction of sp³-hybridized carbons (Fsp3) is 0.579. The maximum atomic E-state index is 12.5. The smallest absolute Gasteiger partial charge is 0.255 e. The zero-order chi connectivity index (χ0) is 17.4. The number of anilines is 1. The SMILES string of the molecule is Cc1ccsc1CN1CCc2c(nc(N3CCC(C)CC3)[nH]c2=O)C1. The van der Waals surface area contributed by atoms with E-state index in [4.69, 9.17) is 4.98 Å². The van der Waals surface area contributed by atoms with Crippen molar-refractivity contribution in [3.8, 4) is 0 Å². The highest BCUT2D eigenvalue weighted by atomic mass is 32.1. The lowest BCUT2D eigenvalue weighted by Crippen LogP contribution is -2.39. The van der Waals surface area contributed by atoms with Gasteiger partial charge in [-0.3, -0.25) is 14.7 Å². The molecule has 5 nitrogen and oxygen atoms in total. The van der Waals surface area contributed by atoms with Gasteiger partial charge >= 0.3 is 0 Å². The highest BCUT2D eigenvalue weighted by Crippen LogP contribution is 2.24. The lowest BCUT2D eigenvalue weighted by molar-refractivity contribution is 0.242. The van der Waals surface area contributed by atoms with E-state index in [-0.39, 0.29) is 5.56 Å². The molecule has 134 valence electrons. The van der Waals surface area contributed by atoms with Crippen LogP contribution in [0.15, 0.2) is 16.2 Å². The summed E-state index contributed by atoms with van der Waals surface area (Å²) in [5, 5.41) is 2.15. The summed E-state index contributed by atoms with van der Waals surface area (Å²) < 4.78 is 0. The summed E-state index contributed by atoms with van der Waals surface area (Å²) in [6.45, 7) is 9.09. The van der Waals surface area contributed by atoms with Crippen molar-refractivity contribution >= 4 is 17.3 Å². The average molecular weight is 359 g/mol. The first-order chi connectivity index (χ1) is 12.1. The molecule has 2 aliphatic heterocycles. The van der Waals surface area contributed by atoms with Crippen molar-refractivity contribution in [2.75, 3.05) is 24.5 Å². The van der Waals surface area contributed by atoms with Gasteiger partial charge in [0.05, 0.1) is 5.69 Å². The molecule has 0 saturated carbocycles. The third kappa shape index (κ3) is 3.51. The van der Waals surface area contributed by atoms with Gasteiger partial charge in [-0.2, -0.15) is 0 Å². The van der Waals surface area contributed by atoms with Crippen molar-refractivity contribution in [3.63, 3.8) is 0 Å². The zero-order valence-corrected chi connectivity index (χ0v) is 15.9. The molecular weight excluding hydrogens is 332 g/mol. The summed E-state index contributed by atoms with van der Waals surface area (Å²) in [6.07, 6.45) is 3.13. The second-order valence-corrected chi connectivity index (χ2v) is 8.47. The van der Waals surface area contributed by atoms with Crippen LogP contribution in [0.2, 0.25) is 0 Å². The molecule has 2 aliphatic rings. The van der Waals surface area contributed by atoms with Crippen LogP contribution in [-0.4, -0.2) is 34.5 Å². The monoisotopic (exact) mass is 358 g/mol. The highest BCUT2D eigenvalue weighted by Gasteiger charge is 2.24. The van der Waals surface area contributed by atoms with Crippen LogP contribution in [0.4, 0.5) is 5.95 Å². The van der Waals surface area contributed by atoms with Crippen molar-refractivity contribution < 1.29 is 0 Å². The van der Waals surface area contributed by atoms with Gasteiger partial charge < -0.3 is 4.90 Å². The van der Waals surface area contributed by atoms with Crippen LogP contribution in [0.3, 0.4) is 0 Å². The summed E-state index contributed by atoms with van der Waals surface area (Å²) in [6, 6.07) is 2.18. The zero-order valence-electron chi connectivity index (χ0n) is 15.0. The van der Waals surface area contributed by atoms with Crippen molar-refractivity contribution in [1.82, 2.24) is 14.9 Å². The Morgan fingerprint density at radius 3 is 2.84 bits per heavy atom. The molecule has 2 aromatic heterocycles. The minimum absolute atomic E-state index is 0.0607. The van der Waals surface area contributed by atoms with E-state index in [1.165, 1.54) is 23.3 Å². The Bertz CT molecular complexity index is 804. The fourth-order valence-corrected chi connectivity index (χ4v) is 4.70. The third-order valence-electron chi connectivity index (χ3n) is 5.56. The Kier molecular flexibility index (Phi) is 4.65. The topological polar surface area (TPSA) is 52.2 Å². The number of nitrogens with zero attached hydrogens (tertiary/aromatic N) is 3. The summed E-state index contributed by atoms with van der Waals surface area (Å²) in [7, 11) is 0. The van der Waals surface area contributed by atoms with Gasteiger partial charge in [0.2, 0.25) is 5.95 Å². The van der Waals surface area contributed by atoms with E-state index in [0.717, 1.165) is 62.3 Å². The molecule has 0 amide bonds. The number of fused-ring (bicyclic) bond motifs is 1. The van der Waals surface area contributed by atoms with E-state index in [9.17, 15) is 4.79 Å². The Morgan fingerprint density at radius 1 is 1.32 bits per heavy atom. The quantitative estimate of drug-likeness (QED) is 0.917. The number of hydrogen-bond donors (Lipinski definition) is 1. The average Bonchev–Trinajstić information content (AvgIpc) is 3.00. The number of nitrogens with one attached hydrogen (secondary N) is 1. The largest absolute Gasteiger partial charge is 0.342 e. The molecule has 0 unspecified atom stereocenters. The lowest BCUT2D eigenvalue weighted by Gasteiger charge is -2.32. The normalized spacial score (nSPS) is 19.2. The maximum Gasteiger partial charge on any atom is 0.255 e. The summed E-state index contributed by atoms with van der Waals surface area (Å²) in [4.78, 5) is 26.5. The first-order valence-electron chi connectivity index (χ1n) is 9.22. The molecule has 4 heterocycles. The number of thiophene rings is 1. The van der Waals surface area contributed by atoms with E-state index in [2.05, 4.69) is 40.1 Å². The number of piperidine rings is 1. The van der Waals surface area contributed by atoms with Crippen LogP contribution in [0.5, 0.6) is 0 Å². The van der Waals surface area contributed by atoms with Crippen LogP contribution >= 0.6 is 11.3 Å². The molecule has 1 fully saturated rings. The van der Waals surface area contributed by atoms with Gasteiger partial charge in [-0.25, -0.2) is 4.98 Å². The van der Waals surface area contributed by atoms with E-state index in [0.29, 0.717) is 0 Å². The van der Waals surface area contributed by atoms with Crippen LogP contribution in [0.1, 0.15) is 41.5 Å². The van der Waals surface area contributed by atoms with Crippen LogP contribution in [0, 0.1) is 12.8 Å². The van der Waals surface area contributed by atoms with Gasteiger partial charge in [-0.15, -0.1) is 11.3 Å². The molecule has 4 rings (SSSR count). The molecule has 6 heteroatoms. The molecule has 0 bridgehead atoms. The van der Waals surface area contributed by atoms with Gasteiger partial charge in [0.1, 0.15) is 0 Å².